The molecule has 1 aliphatic heterocycles. The molecule has 0 radical (unpaired) electrons. The minimum absolute atomic E-state index is 0.207. The number of hydrogen-bond acceptors (Lipinski definition) is 2. The van der Waals surface area contributed by atoms with E-state index in [1.807, 2.05) is 4.90 Å². The molecule has 0 spiro atoms. The van der Waals surface area contributed by atoms with Crippen LogP contribution in [0.4, 0.5) is 0 Å². The van der Waals surface area contributed by atoms with Gasteiger partial charge in [0.05, 0.1) is 0 Å². The zero-order valence-electron chi connectivity index (χ0n) is 12.9. The maximum atomic E-state index is 12.3. The van der Waals surface area contributed by atoms with E-state index in [0.717, 1.165) is 25.9 Å². The van der Waals surface area contributed by atoms with Crippen molar-refractivity contribution in [1.29, 1.82) is 0 Å². The van der Waals surface area contributed by atoms with Crippen LogP contribution in [0, 0.1) is 5.92 Å². The molecule has 1 amide bonds. The molecule has 0 bridgehead atoms. The van der Waals surface area contributed by atoms with Crippen molar-refractivity contribution < 1.29 is 4.79 Å². The van der Waals surface area contributed by atoms with Crippen molar-refractivity contribution in [2.24, 2.45) is 11.7 Å². The van der Waals surface area contributed by atoms with Gasteiger partial charge in [-0.25, -0.2) is 0 Å². The summed E-state index contributed by atoms with van der Waals surface area (Å²) in [6, 6.07) is 0.207. The molecule has 19 heavy (non-hydrogen) atoms. The van der Waals surface area contributed by atoms with E-state index in [4.69, 9.17) is 5.73 Å². The maximum Gasteiger partial charge on any atom is 0.222 e. The molecule has 3 heteroatoms. The Labute approximate surface area is 118 Å². The lowest BCUT2D eigenvalue weighted by molar-refractivity contribution is -0.131. The number of nitrogens with two attached hydrogens (primary N) is 1. The molecule has 0 saturated carbocycles. The Bertz CT molecular complexity index is 255. The van der Waals surface area contributed by atoms with Gasteiger partial charge in [-0.05, 0) is 25.2 Å². The van der Waals surface area contributed by atoms with Crippen LogP contribution in [0.2, 0.25) is 0 Å². The number of amides is 1. The zero-order valence-corrected chi connectivity index (χ0v) is 12.9. The minimum atomic E-state index is 0.207. The molecular formula is C16H32N2O. The van der Waals surface area contributed by atoms with Crippen LogP contribution in [0.1, 0.15) is 71.6 Å². The van der Waals surface area contributed by atoms with Crippen molar-refractivity contribution in [1.82, 2.24) is 4.90 Å². The van der Waals surface area contributed by atoms with Gasteiger partial charge in [-0.2, -0.15) is 0 Å². The number of carbonyl (C=O) groups is 1. The third kappa shape index (κ3) is 6.42. The van der Waals surface area contributed by atoms with Gasteiger partial charge in [0.1, 0.15) is 0 Å². The maximum absolute atomic E-state index is 12.3. The highest BCUT2D eigenvalue weighted by Crippen LogP contribution is 2.22. The number of carbonyl (C=O) groups excluding carboxylic acids is 1. The van der Waals surface area contributed by atoms with Crippen LogP contribution in [0.5, 0.6) is 0 Å². The molecule has 0 aliphatic carbocycles. The summed E-state index contributed by atoms with van der Waals surface area (Å²) in [4.78, 5) is 14.2. The molecule has 1 unspecified atom stereocenters. The largest absolute Gasteiger partial charge is 0.341 e. The SMILES string of the molecule is CCCCCC(CCCC)CC(=O)N1CC[C@H](N)C1. The van der Waals surface area contributed by atoms with E-state index in [-0.39, 0.29) is 6.04 Å². The van der Waals surface area contributed by atoms with Crippen molar-refractivity contribution >= 4 is 5.91 Å². The van der Waals surface area contributed by atoms with Crippen LogP contribution in [0.3, 0.4) is 0 Å². The second-order valence-corrected chi connectivity index (χ2v) is 6.10. The highest BCUT2D eigenvalue weighted by molar-refractivity contribution is 5.76. The van der Waals surface area contributed by atoms with E-state index in [9.17, 15) is 4.79 Å². The van der Waals surface area contributed by atoms with E-state index in [1.54, 1.807) is 0 Å². The first-order chi connectivity index (χ1) is 9.17. The summed E-state index contributed by atoms with van der Waals surface area (Å²) in [7, 11) is 0. The Balaban J connectivity index is 2.34. The Morgan fingerprint density at radius 2 is 1.89 bits per heavy atom. The first-order valence-electron chi connectivity index (χ1n) is 8.20. The molecule has 2 atom stereocenters. The molecule has 2 N–H and O–H groups in total. The molecule has 0 aromatic heterocycles. The first-order valence-corrected chi connectivity index (χ1v) is 8.20. The molecule has 3 nitrogen and oxygen atoms in total. The number of nitrogens with zero attached hydrogens (tertiary/aromatic N) is 1. The van der Waals surface area contributed by atoms with Gasteiger partial charge < -0.3 is 10.6 Å². The van der Waals surface area contributed by atoms with Crippen LogP contribution in [-0.4, -0.2) is 29.9 Å². The van der Waals surface area contributed by atoms with Crippen molar-refractivity contribution in [2.75, 3.05) is 13.1 Å². The second-order valence-electron chi connectivity index (χ2n) is 6.10. The van der Waals surface area contributed by atoms with Crippen LogP contribution in [0.25, 0.3) is 0 Å². The number of hydrogen-bond donors (Lipinski definition) is 1. The Morgan fingerprint density at radius 1 is 1.21 bits per heavy atom. The lowest BCUT2D eigenvalue weighted by Crippen LogP contribution is -2.33. The summed E-state index contributed by atoms with van der Waals surface area (Å²) in [5.74, 6) is 0.932. The molecular weight excluding hydrogens is 236 g/mol. The Kier molecular flexibility index (Phi) is 8.11. The van der Waals surface area contributed by atoms with Crippen LogP contribution >= 0.6 is 0 Å². The summed E-state index contributed by atoms with van der Waals surface area (Å²) in [5.41, 5.74) is 5.88. The van der Waals surface area contributed by atoms with E-state index in [2.05, 4.69) is 13.8 Å². The molecule has 0 aromatic carbocycles. The smallest absolute Gasteiger partial charge is 0.222 e. The van der Waals surface area contributed by atoms with E-state index >= 15 is 0 Å². The summed E-state index contributed by atoms with van der Waals surface area (Å²) < 4.78 is 0. The summed E-state index contributed by atoms with van der Waals surface area (Å²) in [6.07, 6.45) is 10.5. The number of rotatable bonds is 9. The molecule has 112 valence electrons. The van der Waals surface area contributed by atoms with Gasteiger partial charge in [0.2, 0.25) is 5.91 Å². The average Bonchev–Trinajstić information content (AvgIpc) is 2.82. The van der Waals surface area contributed by atoms with Gasteiger partial charge in [-0.1, -0.05) is 46.0 Å². The number of unbranched alkanes of at least 4 members (excludes halogenated alkanes) is 3. The summed E-state index contributed by atoms with van der Waals surface area (Å²) in [5, 5.41) is 0. The van der Waals surface area contributed by atoms with Gasteiger partial charge >= 0.3 is 0 Å². The predicted molar refractivity (Wildman–Crippen MR) is 80.9 cm³/mol. The van der Waals surface area contributed by atoms with Gasteiger partial charge in [-0.3, -0.25) is 4.79 Å². The standard InChI is InChI=1S/C16H32N2O/c1-3-5-7-9-14(8-6-4-2)12-16(19)18-11-10-15(17)13-18/h14-15H,3-13,17H2,1-2H3/t14?,15-/m0/s1. The van der Waals surface area contributed by atoms with Crippen molar-refractivity contribution in [3.63, 3.8) is 0 Å². The van der Waals surface area contributed by atoms with Crippen molar-refractivity contribution in [3.8, 4) is 0 Å². The molecule has 1 fully saturated rings. The second kappa shape index (κ2) is 9.35. The predicted octanol–water partition coefficient (Wildman–Crippen LogP) is 3.32. The Morgan fingerprint density at radius 3 is 2.47 bits per heavy atom. The zero-order chi connectivity index (χ0) is 14.1. The third-order valence-electron chi connectivity index (χ3n) is 4.22. The van der Waals surface area contributed by atoms with Crippen LogP contribution < -0.4 is 5.73 Å². The van der Waals surface area contributed by atoms with Crippen molar-refractivity contribution in [2.45, 2.75) is 77.7 Å². The molecule has 0 aromatic rings. The summed E-state index contributed by atoms with van der Waals surface area (Å²) in [6.45, 7) is 6.10. The van der Waals surface area contributed by atoms with Gasteiger partial charge in [0.25, 0.3) is 0 Å². The van der Waals surface area contributed by atoms with Gasteiger partial charge in [0, 0.05) is 25.6 Å². The normalized spacial score (nSPS) is 20.8. The fourth-order valence-corrected chi connectivity index (χ4v) is 2.91. The third-order valence-corrected chi connectivity index (χ3v) is 4.22. The van der Waals surface area contributed by atoms with Gasteiger partial charge in [-0.15, -0.1) is 0 Å². The van der Waals surface area contributed by atoms with Crippen molar-refractivity contribution in [3.05, 3.63) is 0 Å². The number of likely N-dealkylation sites (tertiary alicyclic amines) is 1. The highest BCUT2D eigenvalue weighted by Gasteiger charge is 2.25. The van der Waals surface area contributed by atoms with Crippen LogP contribution in [-0.2, 0) is 4.79 Å². The molecule has 1 saturated heterocycles. The molecule has 1 rings (SSSR count). The molecule has 1 aliphatic rings. The Hall–Kier alpha value is -0.570. The lowest BCUT2D eigenvalue weighted by atomic mass is 9.92. The molecule has 1 heterocycles. The summed E-state index contributed by atoms with van der Waals surface area (Å²) >= 11 is 0. The lowest BCUT2D eigenvalue weighted by Gasteiger charge is -2.21. The fourth-order valence-electron chi connectivity index (χ4n) is 2.91. The van der Waals surface area contributed by atoms with E-state index in [0.29, 0.717) is 11.8 Å². The van der Waals surface area contributed by atoms with E-state index in [1.165, 1.54) is 44.9 Å². The van der Waals surface area contributed by atoms with E-state index < -0.39 is 0 Å². The van der Waals surface area contributed by atoms with Gasteiger partial charge in [0.15, 0.2) is 0 Å². The highest BCUT2D eigenvalue weighted by atomic mass is 16.2. The topological polar surface area (TPSA) is 46.3 Å². The minimum Gasteiger partial charge on any atom is -0.341 e. The monoisotopic (exact) mass is 268 g/mol. The quantitative estimate of drug-likeness (QED) is 0.652. The average molecular weight is 268 g/mol. The first kappa shape index (κ1) is 16.5. The van der Waals surface area contributed by atoms with Crippen LogP contribution in [0.15, 0.2) is 0 Å². The fraction of sp³-hybridized carbons (Fsp3) is 0.938.